The molecule has 2 rings (SSSR count). The summed E-state index contributed by atoms with van der Waals surface area (Å²) in [7, 11) is 0. The summed E-state index contributed by atoms with van der Waals surface area (Å²) in [6, 6.07) is 8.51. The van der Waals surface area contributed by atoms with Gasteiger partial charge in [0.05, 0.1) is 13.2 Å². The molecule has 1 saturated heterocycles. The van der Waals surface area contributed by atoms with E-state index in [1.807, 2.05) is 11.8 Å². The van der Waals surface area contributed by atoms with Gasteiger partial charge in [0.15, 0.2) is 0 Å². The van der Waals surface area contributed by atoms with Gasteiger partial charge in [0.2, 0.25) is 5.91 Å². The van der Waals surface area contributed by atoms with Gasteiger partial charge in [-0.2, -0.15) is 0 Å². The molecule has 1 fully saturated rings. The standard InChI is InChI=1S/C15H21NO2/c1-3-12-5-7-13(8-6-12)14-11-16(9-10-18-14)15(17)4-2/h5-8,14H,3-4,9-11H2,1-2H3. The molecule has 0 bridgehead atoms. The second kappa shape index (κ2) is 6.01. The fourth-order valence-corrected chi connectivity index (χ4v) is 2.27. The molecule has 0 spiro atoms. The Balaban J connectivity index is 2.05. The van der Waals surface area contributed by atoms with Crippen LogP contribution in [0.15, 0.2) is 24.3 Å². The number of carbonyl (C=O) groups excluding carboxylic acids is 1. The van der Waals surface area contributed by atoms with E-state index in [9.17, 15) is 4.79 Å². The molecule has 1 unspecified atom stereocenters. The van der Waals surface area contributed by atoms with Crippen LogP contribution in [0.3, 0.4) is 0 Å². The molecule has 1 amide bonds. The van der Waals surface area contributed by atoms with E-state index in [0.717, 1.165) is 13.0 Å². The number of benzene rings is 1. The van der Waals surface area contributed by atoms with Crippen LogP contribution in [0.25, 0.3) is 0 Å². The Morgan fingerprint density at radius 3 is 2.67 bits per heavy atom. The highest BCUT2D eigenvalue weighted by Crippen LogP contribution is 2.23. The number of nitrogens with zero attached hydrogens (tertiary/aromatic N) is 1. The predicted molar refractivity (Wildman–Crippen MR) is 71.4 cm³/mol. The lowest BCUT2D eigenvalue weighted by atomic mass is 10.0. The number of ether oxygens (including phenoxy) is 1. The summed E-state index contributed by atoms with van der Waals surface area (Å²) in [6.45, 7) is 6.08. The van der Waals surface area contributed by atoms with Crippen LogP contribution >= 0.6 is 0 Å². The Hall–Kier alpha value is -1.35. The summed E-state index contributed by atoms with van der Waals surface area (Å²) in [5.74, 6) is 0.216. The SMILES string of the molecule is CCC(=O)N1CCOC(c2ccc(CC)cc2)C1. The van der Waals surface area contributed by atoms with Crippen LogP contribution in [0.1, 0.15) is 37.5 Å². The van der Waals surface area contributed by atoms with Gasteiger partial charge < -0.3 is 9.64 Å². The van der Waals surface area contributed by atoms with Crippen LogP contribution < -0.4 is 0 Å². The first-order chi connectivity index (χ1) is 8.74. The number of amides is 1. The van der Waals surface area contributed by atoms with Crippen molar-refractivity contribution in [3.05, 3.63) is 35.4 Å². The third-order valence-corrected chi connectivity index (χ3v) is 3.48. The zero-order chi connectivity index (χ0) is 13.0. The van der Waals surface area contributed by atoms with Crippen LogP contribution in [0.2, 0.25) is 0 Å². The van der Waals surface area contributed by atoms with Crippen LogP contribution in [0.5, 0.6) is 0 Å². The normalized spacial score (nSPS) is 19.9. The zero-order valence-electron chi connectivity index (χ0n) is 11.2. The Morgan fingerprint density at radius 2 is 2.06 bits per heavy atom. The first kappa shape index (κ1) is 13.1. The number of morpholine rings is 1. The summed E-state index contributed by atoms with van der Waals surface area (Å²) in [5.41, 5.74) is 2.50. The van der Waals surface area contributed by atoms with Crippen molar-refractivity contribution in [1.82, 2.24) is 4.90 Å². The quantitative estimate of drug-likeness (QED) is 0.821. The highest BCUT2D eigenvalue weighted by atomic mass is 16.5. The Bertz CT molecular complexity index is 399. The smallest absolute Gasteiger partial charge is 0.222 e. The molecule has 0 aromatic heterocycles. The molecule has 0 N–H and O–H groups in total. The van der Waals surface area contributed by atoms with Crippen molar-refractivity contribution < 1.29 is 9.53 Å². The summed E-state index contributed by atoms with van der Waals surface area (Å²) < 4.78 is 5.77. The number of rotatable bonds is 3. The van der Waals surface area contributed by atoms with Crippen molar-refractivity contribution >= 4 is 5.91 Å². The second-order valence-electron chi connectivity index (χ2n) is 4.65. The third-order valence-electron chi connectivity index (χ3n) is 3.48. The van der Waals surface area contributed by atoms with Gasteiger partial charge in [-0.05, 0) is 17.5 Å². The third kappa shape index (κ3) is 2.91. The molecule has 0 radical (unpaired) electrons. The highest BCUT2D eigenvalue weighted by molar-refractivity contribution is 5.75. The van der Waals surface area contributed by atoms with Gasteiger partial charge in [0.25, 0.3) is 0 Å². The fraction of sp³-hybridized carbons (Fsp3) is 0.533. The Morgan fingerprint density at radius 1 is 1.33 bits per heavy atom. The minimum Gasteiger partial charge on any atom is -0.370 e. The number of hydrogen-bond donors (Lipinski definition) is 0. The van der Waals surface area contributed by atoms with Crippen LogP contribution in [-0.4, -0.2) is 30.5 Å². The molecule has 18 heavy (non-hydrogen) atoms. The summed E-state index contributed by atoms with van der Waals surface area (Å²) >= 11 is 0. The van der Waals surface area contributed by atoms with Gasteiger partial charge in [-0.3, -0.25) is 4.79 Å². The van der Waals surface area contributed by atoms with Crippen molar-refractivity contribution in [2.45, 2.75) is 32.8 Å². The van der Waals surface area contributed by atoms with Gasteiger partial charge in [0.1, 0.15) is 6.10 Å². The first-order valence-electron chi connectivity index (χ1n) is 6.72. The van der Waals surface area contributed by atoms with Crippen molar-refractivity contribution in [2.75, 3.05) is 19.7 Å². The zero-order valence-corrected chi connectivity index (χ0v) is 11.2. The highest BCUT2D eigenvalue weighted by Gasteiger charge is 2.24. The number of aryl methyl sites for hydroxylation is 1. The van der Waals surface area contributed by atoms with E-state index >= 15 is 0 Å². The van der Waals surface area contributed by atoms with Crippen LogP contribution in [-0.2, 0) is 16.0 Å². The van der Waals surface area contributed by atoms with Gasteiger partial charge in [-0.25, -0.2) is 0 Å². The van der Waals surface area contributed by atoms with Gasteiger partial charge >= 0.3 is 0 Å². The van der Waals surface area contributed by atoms with Crippen molar-refractivity contribution in [3.8, 4) is 0 Å². The summed E-state index contributed by atoms with van der Waals surface area (Å²) in [5, 5.41) is 0. The van der Waals surface area contributed by atoms with E-state index in [1.54, 1.807) is 0 Å². The molecular formula is C15H21NO2. The van der Waals surface area contributed by atoms with Crippen molar-refractivity contribution in [1.29, 1.82) is 0 Å². The van der Waals surface area contributed by atoms with Crippen LogP contribution in [0.4, 0.5) is 0 Å². The van der Waals surface area contributed by atoms with E-state index in [-0.39, 0.29) is 12.0 Å². The molecule has 1 aliphatic rings. The fourth-order valence-electron chi connectivity index (χ4n) is 2.27. The lowest BCUT2D eigenvalue weighted by Gasteiger charge is -2.33. The van der Waals surface area contributed by atoms with E-state index in [0.29, 0.717) is 19.6 Å². The second-order valence-corrected chi connectivity index (χ2v) is 4.65. The van der Waals surface area contributed by atoms with E-state index in [2.05, 4.69) is 31.2 Å². The molecule has 1 atom stereocenters. The molecular weight excluding hydrogens is 226 g/mol. The minimum atomic E-state index is 0.0279. The monoisotopic (exact) mass is 247 g/mol. The molecule has 3 nitrogen and oxygen atoms in total. The average Bonchev–Trinajstić information content (AvgIpc) is 2.46. The van der Waals surface area contributed by atoms with Gasteiger partial charge in [-0.15, -0.1) is 0 Å². The molecule has 0 saturated carbocycles. The first-order valence-corrected chi connectivity index (χ1v) is 6.72. The molecule has 1 heterocycles. The minimum absolute atomic E-state index is 0.0279. The van der Waals surface area contributed by atoms with E-state index in [4.69, 9.17) is 4.74 Å². The number of carbonyl (C=O) groups is 1. The van der Waals surface area contributed by atoms with Crippen molar-refractivity contribution in [3.63, 3.8) is 0 Å². The topological polar surface area (TPSA) is 29.5 Å². The van der Waals surface area contributed by atoms with Crippen LogP contribution in [0, 0.1) is 0 Å². The maximum Gasteiger partial charge on any atom is 0.222 e. The summed E-state index contributed by atoms with van der Waals surface area (Å²) in [6.07, 6.45) is 1.65. The maximum atomic E-state index is 11.7. The van der Waals surface area contributed by atoms with E-state index in [1.165, 1.54) is 11.1 Å². The lowest BCUT2D eigenvalue weighted by Crippen LogP contribution is -2.41. The Labute approximate surface area is 109 Å². The summed E-state index contributed by atoms with van der Waals surface area (Å²) in [4.78, 5) is 13.6. The lowest BCUT2D eigenvalue weighted by molar-refractivity contribution is -0.138. The van der Waals surface area contributed by atoms with Gasteiger partial charge in [0, 0.05) is 13.0 Å². The molecule has 1 aromatic carbocycles. The molecule has 3 heteroatoms. The molecule has 98 valence electrons. The maximum absolute atomic E-state index is 11.7. The van der Waals surface area contributed by atoms with E-state index < -0.39 is 0 Å². The Kier molecular flexibility index (Phi) is 4.37. The molecule has 1 aliphatic heterocycles. The predicted octanol–water partition coefficient (Wildman–Crippen LogP) is 2.56. The molecule has 1 aromatic rings. The van der Waals surface area contributed by atoms with Crippen molar-refractivity contribution in [2.24, 2.45) is 0 Å². The average molecular weight is 247 g/mol. The number of hydrogen-bond acceptors (Lipinski definition) is 2. The van der Waals surface area contributed by atoms with Gasteiger partial charge in [-0.1, -0.05) is 38.1 Å². The largest absolute Gasteiger partial charge is 0.370 e. The molecule has 0 aliphatic carbocycles.